The fraction of sp³-hybridized carbons (Fsp3) is 0. The van der Waals surface area contributed by atoms with E-state index in [1.165, 1.54) is 115 Å². The molecule has 2 heteroatoms. The molecule has 0 saturated carbocycles. The third-order valence-electron chi connectivity index (χ3n) is 14.3. The summed E-state index contributed by atoms with van der Waals surface area (Å²) in [4.78, 5) is 0. The van der Waals surface area contributed by atoms with Gasteiger partial charge in [0.2, 0.25) is 0 Å². The molecule has 0 fully saturated rings. The smallest absolute Gasteiger partial charge is 0.180 e. The minimum atomic E-state index is -2.85. The van der Waals surface area contributed by atoms with Crippen LogP contribution in [0, 0.1) is 0 Å². The van der Waals surface area contributed by atoms with Gasteiger partial charge in [0.05, 0.1) is 11.0 Å². The maximum absolute atomic E-state index is 2.85. The predicted molar refractivity (Wildman–Crippen MR) is 291 cm³/mol. The quantitative estimate of drug-likeness (QED) is 0.134. The van der Waals surface area contributed by atoms with Crippen LogP contribution >= 0.6 is 0 Å². The molecule has 1 aliphatic rings. The first-order valence-corrected chi connectivity index (χ1v) is 25.6. The summed E-state index contributed by atoms with van der Waals surface area (Å²) in [5.74, 6) is 0. The normalized spacial score (nSPS) is 12.5. The van der Waals surface area contributed by atoms with Gasteiger partial charge >= 0.3 is 0 Å². The Hall–Kier alpha value is -8.56. The molecule has 11 aromatic carbocycles. The summed E-state index contributed by atoms with van der Waals surface area (Å²) in [5.41, 5.74) is 18.4. The molecular weight excluding hydrogens is 835 g/mol. The molecule has 68 heavy (non-hydrogen) atoms. The van der Waals surface area contributed by atoms with Gasteiger partial charge in [0.1, 0.15) is 0 Å². The van der Waals surface area contributed by atoms with Gasteiger partial charge in [0.15, 0.2) is 8.07 Å². The fourth-order valence-corrected chi connectivity index (χ4v) is 16.3. The zero-order valence-corrected chi connectivity index (χ0v) is 38.4. The van der Waals surface area contributed by atoms with Crippen molar-refractivity contribution < 1.29 is 0 Å². The molecule has 0 atom stereocenters. The van der Waals surface area contributed by atoms with Crippen molar-refractivity contribution in [1.82, 2.24) is 4.57 Å². The molecule has 318 valence electrons. The van der Waals surface area contributed by atoms with E-state index in [9.17, 15) is 0 Å². The first-order chi connectivity index (χ1) is 33.7. The van der Waals surface area contributed by atoms with Crippen LogP contribution < -0.4 is 20.7 Å². The summed E-state index contributed by atoms with van der Waals surface area (Å²) in [5, 5.41) is 8.12. The van der Waals surface area contributed by atoms with Crippen LogP contribution in [0.4, 0.5) is 0 Å². The molecule has 13 rings (SSSR count). The van der Waals surface area contributed by atoms with Gasteiger partial charge in [0.25, 0.3) is 0 Å². The van der Waals surface area contributed by atoms with Crippen molar-refractivity contribution in [1.29, 1.82) is 0 Å². The second kappa shape index (κ2) is 16.4. The molecule has 1 nitrogen and oxygen atoms in total. The first-order valence-electron chi connectivity index (χ1n) is 23.6. The Bertz CT molecular complexity index is 3610. The molecule has 0 saturated heterocycles. The topological polar surface area (TPSA) is 4.93 Å². The molecule has 0 bridgehead atoms. The molecule has 0 aliphatic carbocycles. The first kappa shape index (κ1) is 39.8. The van der Waals surface area contributed by atoms with Crippen LogP contribution in [0.25, 0.3) is 94.3 Å². The van der Waals surface area contributed by atoms with Crippen LogP contribution in [0.1, 0.15) is 0 Å². The van der Waals surface area contributed by atoms with E-state index in [2.05, 4.69) is 278 Å². The molecule has 12 aromatic rings. The van der Waals surface area contributed by atoms with Crippen molar-refractivity contribution in [3.8, 4) is 72.4 Å². The van der Waals surface area contributed by atoms with Gasteiger partial charge < -0.3 is 4.57 Å². The SMILES string of the molecule is c1ccc(-c2ccc(-c3ccc4c(c3)c3cc(-c5ccc(-c6ccccc6)cc5)ccc3n4-c3ccc4c(c3)[Si](c3ccccc3)(c3ccccc3)c3cc(-c5ccccc5)ccc3-4)cc2)cc1. The molecule has 1 aromatic heterocycles. The van der Waals surface area contributed by atoms with Crippen molar-refractivity contribution in [2.45, 2.75) is 0 Å². The number of fused-ring (bicyclic) bond motifs is 6. The molecular formula is C66H45NSi. The second-order valence-corrected chi connectivity index (χ2v) is 21.8. The molecule has 0 N–H and O–H groups in total. The Morgan fingerprint density at radius 3 is 0.985 bits per heavy atom. The molecule has 2 heterocycles. The average Bonchev–Trinajstić information content (AvgIpc) is 3.91. The Labute approximate surface area is 398 Å². The van der Waals surface area contributed by atoms with E-state index in [4.69, 9.17) is 0 Å². The van der Waals surface area contributed by atoms with E-state index in [0.29, 0.717) is 0 Å². The number of rotatable bonds is 8. The number of hydrogen-bond acceptors (Lipinski definition) is 0. The lowest BCUT2D eigenvalue weighted by atomic mass is 9.97. The standard InChI is InChI=1S/C66H45NSi/c1-6-16-46(17-7-1)49-26-30-51(31-27-49)53-35-40-63-61(42-53)62-43-54(52-32-28-50(29-33-52)47-18-8-2-9-19-47)36-41-64(62)67(63)56-37-39-60-59-38-34-55(48-20-10-3-11-21-48)44-65(59)68(66(60)45-56,57-22-12-4-13-23-57)58-24-14-5-15-25-58/h1-45H. The van der Waals surface area contributed by atoms with Gasteiger partial charge in [0, 0.05) is 16.5 Å². The monoisotopic (exact) mass is 879 g/mol. The number of nitrogens with zero attached hydrogens (tertiary/aromatic N) is 1. The molecule has 0 spiro atoms. The van der Waals surface area contributed by atoms with E-state index in [1.54, 1.807) is 0 Å². The van der Waals surface area contributed by atoms with E-state index in [0.717, 1.165) is 0 Å². The van der Waals surface area contributed by atoms with E-state index in [-0.39, 0.29) is 0 Å². The number of hydrogen-bond donors (Lipinski definition) is 0. The maximum Gasteiger partial charge on any atom is 0.180 e. The van der Waals surface area contributed by atoms with Gasteiger partial charge in [-0.05, 0) is 124 Å². The maximum atomic E-state index is 2.55. The summed E-state index contributed by atoms with van der Waals surface area (Å²) in [6.45, 7) is 0. The minimum absolute atomic E-state index is 1.17. The lowest BCUT2D eigenvalue weighted by Crippen LogP contribution is -2.72. The highest BCUT2D eigenvalue weighted by Crippen LogP contribution is 2.40. The number of aromatic nitrogens is 1. The summed E-state index contributed by atoms with van der Waals surface area (Å²) < 4.78 is 2.52. The Morgan fingerprint density at radius 1 is 0.235 bits per heavy atom. The lowest BCUT2D eigenvalue weighted by molar-refractivity contribution is 1.18. The largest absolute Gasteiger partial charge is 0.309 e. The van der Waals surface area contributed by atoms with Crippen molar-refractivity contribution in [2.24, 2.45) is 0 Å². The van der Waals surface area contributed by atoms with E-state index in [1.807, 2.05) is 0 Å². The van der Waals surface area contributed by atoms with Crippen molar-refractivity contribution >= 4 is 50.6 Å². The average molecular weight is 880 g/mol. The zero-order valence-electron chi connectivity index (χ0n) is 37.4. The second-order valence-electron chi connectivity index (χ2n) is 18.0. The van der Waals surface area contributed by atoms with Crippen LogP contribution in [0.3, 0.4) is 0 Å². The summed E-state index contributed by atoms with van der Waals surface area (Å²) in [6, 6.07) is 102. The third-order valence-corrected chi connectivity index (χ3v) is 19.2. The van der Waals surface area contributed by atoms with Gasteiger partial charge in [-0.15, -0.1) is 0 Å². The highest BCUT2D eigenvalue weighted by Gasteiger charge is 2.49. The number of benzene rings is 11. The van der Waals surface area contributed by atoms with E-state index < -0.39 is 8.07 Å². The molecule has 0 radical (unpaired) electrons. The van der Waals surface area contributed by atoms with Gasteiger partial charge in [-0.2, -0.15) is 0 Å². The van der Waals surface area contributed by atoms with Crippen LogP contribution in [-0.2, 0) is 0 Å². The highest BCUT2D eigenvalue weighted by molar-refractivity contribution is 7.22. The van der Waals surface area contributed by atoms with Crippen LogP contribution in [0.5, 0.6) is 0 Å². The summed E-state index contributed by atoms with van der Waals surface area (Å²) in [7, 11) is -2.85. The van der Waals surface area contributed by atoms with Gasteiger partial charge in [-0.3, -0.25) is 0 Å². The molecule has 0 amide bonds. The Balaban J connectivity index is 1.02. The van der Waals surface area contributed by atoms with Crippen molar-refractivity contribution in [3.63, 3.8) is 0 Å². The zero-order chi connectivity index (χ0) is 45.0. The van der Waals surface area contributed by atoms with E-state index >= 15 is 0 Å². The minimum Gasteiger partial charge on any atom is -0.309 e. The van der Waals surface area contributed by atoms with Crippen LogP contribution in [0.2, 0.25) is 0 Å². The molecule has 0 unspecified atom stereocenters. The lowest BCUT2D eigenvalue weighted by Gasteiger charge is -2.32. The third kappa shape index (κ3) is 6.53. The Kier molecular flexibility index (Phi) is 9.59. The molecule has 1 aliphatic heterocycles. The van der Waals surface area contributed by atoms with Gasteiger partial charge in [-0.25, -0.2) is 0 Å². The highest BCUT2D eigenvalue weighted by atomic mass is 28.3. The summed E-state index contributed by atoms with van der Waals surface area (Å²) >= 11 is 0. The van der Waals surface area contributed by atoms with Crippen molar-refractivity contribution in [3.05, 3.63) is 273 Å². The van der Waals surface area contributed by atoms with Gasteiger partial charge in [-0.1, -0.05) is 237 Å². The summed E-state index contributed by atoms with van der Waals surface area (Å²) in [6.07, 6.45) is 0. The Morgan fingerprint density at radius 2 is 0.544 bits per heavy atom. The van der Waals surface area contributed by atoms with Crippen LogP contribution in [-0.4, -0.2) is 12.6 Å². The van der Waals surface area contributed by atoms with Crippen molar-refractivity contribution in [2.75, 3.05) is 0 Å². The van der Waals surface area contributed by atoms with Crippen LogP contribution in [0.15, 0.2) is 273 Å². The fourth-order valence-electron chi connectivity index (χ4n) is 11.1. The predicted octanol–water partition coefficient (Wildman–Crippen LogP) is 14.5.